The lowest BCUT2D eigenvalue weighted by Crippen LogP contribution is -2.18. The van der Waals surface area contributed by atoms with Gasteiger partial charge >= 0.3 is 0 Å². The quantitative estimate of drug-likeness (QED) is 0.835. The van der Waals surface area contributed by atoms with E-state index < -0.39 is 0 Å². The lowest BCUT2D eigenvalue weighted by Gasteiger charge is -2.11. The SMILES string of the molecule is NC1(c2cc(F)cc(-c3ccccc3)c2)CC1. The van der Waals surface area contributed by atoms with Crippen molar-refractivity contribution in [3.8, 4) is 11.1 Å². The molecule has 0 bridgehead atoms. The van der Waals surface area contributed by atoms with Gasteiger partial charge in [0.15, 0.2) is 0 Å². The van der Waals surface area contributed by atoms with Crippen molar-refractivity contribution in [2.45, 2.75) is 18.4 Å². The lowest BCUT2D eigenvalue weighted by molar-refractivity contribution is 0.619. The number of hydrogen-bond acceptors (Lipinski definition) is 1. The van der Waals surface area contributed by atoms with E-state index in [1.54, 1.807) is 12.1 Å². The summed E-state index contributed by atoms with van der Waals surface area (Å²) in [6.45, 7) is 0. The number of benzene rings is 2. The summed E-state index contributed by atoms with van der Waals surface area (Å²) in [5.74, 6) is -0.210. The van der Waals surface area contributed by atoms with Crippen molar-refractivity contribution in [1.82, 2.24) is 0 Å². The van der Waals surface area contributed by atoms with Gasteiger partial charge in [-0.25, -0.2) is 4.39 Å². The molecule has 1 aliphatic carbocycles. The first-order valence-electron chi connectivity index (χ1n) is 5.83. The molecule has 0 radical (unpaired) electrons. The fraction of sp³-hybridized carbons (Fsp3) is 0.200. The van der Waals surface area contributed by atoms with Crippen molar-refractivity contribution in [1.29, 1.82) is 0 Å². The minimum absolute atomic E-state index is 0.210. The highest BCUT2D eigenvalue weighted by atomic mass is 19.1. The Morgan fingerprint density at radius 3 is 2.29 bits per heavy atom. The van der Waals surface area contributed by atoms with Crippen LogP contribution in [0.15, 0.2) is 48.5 Å². The maximum Gasteiger partial charge on any atom is 0.124 e. The largest absolute Gasteiger partial charge is 0.321 e. The molecule has 1 saturated carbocycles. The topological polar surface area (TPSA) is 26.0 Å². The van der Waals surface area contributed by atoms with Crippen LogP contribution in [0.3, 0.4) is 0 Å². The van der Waals surface area contributed by atoms with Gasteiger partial charge in [0, 0.05) is 5.54 Å². The molecule has 0 unspecified atom stereocenters. The minimum atomic E-state index is -0.286. The Bertz CT molecular complexity index is 544. The summed E-state index contributed by atoms with van der Waals surface area (Å²) in [6.07, 6.45) is 1.90. The Balaban J connectivity index is 2.09. The zero-order valence-electron chi connectivity index (χ0n) is 9.49. The predicted molar refractivity (Wildman–Crippen MR) is 66.9 cm³/mol. The molecule has 86 valence electrons. The van der Waals surface area contributed by atoms with Crippen LogP contribution in [0.5, 0.6) is 0 Å². The number of halogens is 1. The van der Waals surface area contributed by atoms with E-state index in [2.05, 4.69) is 0 Å². The molecular formula is C15H14FN. The van der Waals surface area contributed by atoms with Gasteiger partial charge in [0.2, 0.25) is 0 Å². The fourth-order valence-corrected chi connectivity index (χ4v) is 2.10. The highest BCUT2D eigenvalue weighted by molar-refractivity contribution is 5.64. The average Bonchev–Trinajstić information content (AvgIpc) is 3.09. The summed E-state index contributed by atoms with van der Waals surface area (Å²) in [5.41, 5.74) is 8.67. The van der Waals surface area contributed by atoms with Crippen molar-refractivity contribution in [2.24, 2.45) is 5.73 Å². The van der Waals surface area contributed by atoms with Crippen molar-refractivity contribution >= 4 is 0 Å². The van der Waals surface area contributed by atoms with Gasteiger partial charge in [0.1, 0.15) is 5.82 Å². The van der Waals surface area contributed by atoms with Crippen LogP contribution in [0.1, 0.15) is 18.4 Å². The lowest BCUT2D eigenvalue weighted by atomic mass is 9.98. The van der Waals surface area contributed by atoms with Crippen LogP contribution in [0.25, 0.3) is 11.1 Å². The average molecular weight is 227 g/mol. The van der Waals surface area contributed by atoms with Crippen LogP contribution in [0.4, 0.5) is 4.39 Å². The summed E-state index contributed by atoms with van der Waals surface area (Å²) in [6, 6.07) is 14.9. The van der Waals surface area contributed by atoms with Crippen molar-refractivity contribution in [3.63, 3.8) is 0 Å². The Morgan fingerprint density at radius 2 is 1.65 bits per heavy atom. The molecule has 0 aliphatic heterocycles. The first-order valence-corrected chi connectivity index (χ1v) is 5.83. The molecule has 2 aromatic carbocycles. The molecule has 1 fully saturated rings. The van der Waals surface area contributed by atoms with Gasteiger partial charge in [-0.05, 0) is 47.7 Å². The van der Waals surface area contributed by atoms with Crippen LogP contribution >= 0.6 is 0 Å². The number of nitrogens with two attached hydrogens (primary N) is 1. The summed E-state index contributed by atoms with van der Waals surface area (Å²) in [5, 5.41) is 0. The van der Waals surface area contributed by atoms with Gasteiger partial charge in [-0.2, -0.15) is 0 Å². The molecule has 17 heavy (non-hydrogen) atoms. The van der Waals surface area contributed by atoms with Crippen LogP contribution in [0, 0.1) is 5.82 Å². The van der Waals surface area contributed by atoms with Gasteiger partial charge in [-0.1, -0.05) is 30.3 Å². The first kappa shape index (κ1) is 10.5. The van der Waals surface area contributed by atoms with Gasteiger partial charge in [0.05, 0.1) is 0 Å². The molecule has 0 amide bonds. The molecule has 2 heteroatoms. The van der Waals surface area contributed by atoms with E-state index in [1.807, 2.05) is 36.4 Å². The molecule has 1 aliphatic rings. The van der Waals surface area contributed by atoms with E-state index in [0.717, 1.165) is 29.5 Å². The van der Waals surface area contributed by atoms with Crippen LogP contribution in [0.2, 0.25) is 0 Å². The number of hydrogen-bond donors (Lipinski definition) is 1. The van der Waals surface area contributed by atoms with Crippen LogP contribution in [-0.2, 0) is 5.54 Å². The van der Waals surface area contributed by atoms with Gasteiger partial charge < -0.3 is 5.73 Å². The normalized spacial score (nSPS) is 16.8. The maximum absolute atomic E-state index is 13.6. The Hall–Kier alpha value is -1.67. The van der Waals surface area contributed by atoms with Gasteiger partial charge in [0.25, 0.3) is 0 Å². The van der Waals surface area contributed by atoms with Crippen LogP contribution in [-0.4, -0.2) is 0 Å². The van der Waals surface area contributed by atoms with Crippen LogP contribution < -0.4 is 5.73 Å². The summed E-state index contributed by atoms with van der Waals surface area (Å²) >= 11 is 0. The zero-order chi connectivity index (χ0) is 11.9. The summed E-state index contributed by atoms with van der Waals surface area (Å²) in [7, 11) is 0. The Morgan fingerprint density at radius 1 is 0.941 bits per heavy atom. The monoisotopic (exact) mass is 227 g/mol. The third-order valence-electron chi connectivity index (χ3n) is 3.37. The standard InChI is InChI=1S/C15H14FN/c16-14-9-12(11-4-2-1-3-5-11)8-13(10-14)15(17)6-7-15/h1-5,8-10H,6-7,17H2. The third kappa shape index (κ3) is 1.96. The molecule has 1 nitrogen and oxygen atoms in total. The van der Waals surface area contributed by atoms with Gasteiger partial charge in [-0.3, -0.25) is 0 Å². The molecule has 0 saturated heterocycles. The second-order valence-electron chi connectivity index (χ2n) is 4.75. The maximum atomic E-state index is 13.6. The Kier molecular flexibility index (Phi) is 2.26. The van der Waals surface area contributed by atoms with Gasteiger partial charge in [-0.15, -0.1) is 0 Å². The highest BCUT2D eigenvalue weighted by Crippen LogP contribution is 2.43. The van der Waals surface area contributed by atoms with Crippen molar-refractivity contribution in [3.05, 3.63) is 59.9 Å². The van der Waals surface area contributed by atoms with E-state index in [9.17, 15) is 4.39 Å². The van der Waals surface area contributed by atoms with E-state index in [0.29, 0.717) is 0 Å². The second-order valence-corrected chi connectivity index (χ2v) is 4.75. The van der Waals surface area contributed by atoms with Crippen molar-refractivity contribution in [2.75, 3.05) is 0 Å². The molecular weight excluding hydrogens is 213 g/mol. The molecule has 0 heterocycles. The number of rotatable bonds is 2. The molecule has 0 aromatic heterocycles. The molecule has 2 N–H and O–H groups in total. The fourth-order valence-electron chi connectivity index (χ4n) is 2.10. The van der Waals surface area contributed by atoms with E-state index >= 15 is 0 Å². The molecule has 0 atom stereocenters. The Labute approximate surface area is 100 Å². The minimum Gasteiger partial charge on any atom is -0.321 e. The highest BCUT2D eigenvalue weighted by Gasteiger charge is 2.40. The summed E-state index contributed by atoms with van der Waals surface area (Å²) in [4.78, 5) is 0. The smallest absolute Gasteiger partial charge is 0.124 e. The zero-order valence-corrected chi connectivity index (χ0v) is 9.49. The third-order valence-corrected chi connectivity index (χ3v) is 3.37. The first-order chi connectivity index (χ1) is 8.17. The van der Waals surface area contributed by atoms with Crippen molar-refractivity contribution < 1.29 is 4.39 Å². The van der Waals surface area contributed by atoms with E-state index in [4.69, 9.17) is 5.73 Å². The molecule has 3 rings (SSSR count). The predicted octanol–water partition coefficient (Wildman–Crippen LogP) is 3.44. The second kappa shape index (κ2) is 3.67. The van der Waals surface area contributed by atoms with E-state index in [1.165, 1.54) is 0 Å². The summed E-state index contributed by atoms with van der Waals surface area (Å²) < 4.78 is 13.6. The molecule has 0 spiro atoms. The molecule has 2 aromatic rings. The van der Waals surface area contributed by atoms with E-state index in [-0.39, 0.29) is 11.4 Å².